The zero-order chi connectivity index (χ0) is 16.3. The molecule has 0 spiro atoms. The molecule has 1 heterocycles. The van der Waals surface area contributed by atoms with Crippen molar-refractivity contribution in [2.45, 2.75) is 34.6 Å². The van der Waals surface area contributed by atoms with E-state index in [1.165, 1.54) is 0 Å². The van der Waals surface area contributed by atoms with Gasteiger partial charge in [-0.1, -0.05) is 26.8 Å². The van der Waals surface area contributed by atoms with E-state index in [2.05, 4.69) is 31.6 Å². The summed E-state index contributed by atoms with van der Waals surface area (Å²) in [7, 11) is 0. The summed E-state index contributed by atoms with van der Waals surface area (Å²) in [6.45, 7) is 11.1. The van der Waals surface area contributed by atoms with Crippen molar-refractivity contribution in [2.24, 2.45) is 5.41 Å². The van der Waals surface area contributed by atoms with E-state index in [-0.39, 0.29) is 11.3 Å². The molecule has 2 N–H and O–H groups in total. The molecule has 1 amide bonds. The molecule has 0 saturated heterocycles. The van der Waals surface area contributed by atoms with Crippen molar-refractivity contribution in [3.8, 4) is 11.5 Å². The molecular formula is C17H24N2O3. The summed E-state index contributed by atoms with van der Waals surface area (Å²) < 4.78 is 11.1. The Hall–Kier alpha value is -2.17. The highest BCUT2D eigenvalue weighted by atomic mass is 16.6. The monoisotopic (exact) mass is 304 g/mol. The first kappa shape index (κ1) is 16.2. The first-order valence-electron chi connectivity index (χ1n) is 7.47. The van der Waals surface area contributed by atoms with Crippen LogP contribution in [-0.4, -0.2) is 19.1 Å². The number of allylic oxidation sites excluding steroid dienone is 2. The molecule has 0 radical (unpaired) electrons. The number of benzene rings is 1. The van der Waals surface area contributed by atoms with Crippen LogP contribution in [0.25, 0.3) is 0 Å². The van der Waals surface area contributed by atoms with Crippen molar-refractivity contribution in [1.82, 2.24) is 10.9 Å². The summed E-state index contributed by atoms with van der Waals surface area (Å²) in [6, 6.07) is 3.53. The molecule has 5 heteroatoms. The molecule has 0 aliphatic carbocycles. The fraction of sp³-hybridized carbons (Fsp3) is 0.471. The van der Waals surface area contributed by atoms with Crippen LogP contribution in [0.4, 0.5) is 0 Å². The van der Waals surface area contributed by atoms with Gasteiger partial charge >= 0.3 is 0 Å². The Labute approximate surface area is 131 Å². The Balaban J connectivity index is 2.14. The Kier molecular flexibility index (Phi) is 4.64. The molecule has 0 bridgehead atoms. The van der Waals surface area contributed by atoms with Gasteiger partial charge in [0.2, 0.25) is 0 Å². The molecule has 1 aromatic rings. The average molecular weight is 304 g/mol. The second-order valence-corrected chi connectivity index (χ2v) is 6.29. The number of ether oxygens (including phenoxy) is 2. The summed E-state index contributed by atoms with van der Waals surface area (Å²) in [4.78, 5) is 12.4. The molecule has 1 aromatic carbocycles. The maximum absolute atomic E-state index is 12.4. The van der Waals surface area contributed by atoms with E-state index in [0.717, 1.165) is 11.3 Å². The van der Waals surface area contributed by atoms with Crippen LogP contribution in [0.15, 0.2) is 23.9 Å². The van der Waals surface area contributed by atoms with Crippen LogP contribution in [0.5, 0.6) is 11.5 Å². The average Bonchev–Trinajstić information content (AvgIpc) is 2.47. The van der Waals surface area contributed by atoms with E-state index in [9.17, 15) is 4.79 Å². The molecule has 0 atom stereocenters. The van der Waals surface area contributed by atoms with Gasteiger partial charge in [-0.3, -0.25) is 10.2 Å². The number of carbonyl (C=O) groups is 1. The molecule has 5 nitrogen and oxygen atoms in total. The highest BCUT2D eigenvalue weighted by molar-refractivity contribution is 5.96. The third-order valence-electron chi connectivity index (χ3n) is 3.61. The van der Waals surface area contributed by atoms with E-state index in [0.29, 0.717) is 30.3 Å². The van der Waals surface area contributed by atoms with Gasteiger partial charge in [-0.25, -0.2) is 0 Å². The first-order valence-corrected chi connectivity index (χ1v) is 7.47. The first-order chi connectivity index (χ1) is 10.3. The van der Waals surface area contributed by atoms with Crippen molar-refractivity contribution >= 4 is 5.91 Å². The van der Waals surface area contributed by atoms with Crippen LogP contribution in [0, 0.1) is 12.3 Å². The van der Waals surface area contributed by atoms with Crippen LogP contribution >= 0.6 is 0 Å². The van der Waals surface area contributed by atoms with E-state index in [4.69, 9.17) is 9.47 Å². The van der Waals surface area contributed by atoms with Gasteiger partial charge in [-0.15, -0.1) is 0 Å². The van der Waals surface area contributed by atoms with Crippen LogP contribution in [0.3, 0.4) is 0 Å². The minimum atomic E-state index is -0.196. The molecular weight excluding hydrogens is 280 g/mol. The summed E-state index contributed by atoms with van der Waals surface area (Å²) in [5.41, 5.74) is 8.00. The van der Waals surface area contributed by atoms with E-state index in [1.54, 1.807) is 12.1 Å². The number of hydrogen-bond donors (Lipinski definition) is 2. The Bertz CT molecular complexity index is 601. The van der Waals surface area contributed by atoms with Crippen LogP contribution in [0.1, 0.15) is 43.6 Å². The normalized spacial score (nSPS) is 14.5. The Morgan fingerprint density at radius 1 is 1.18 bits per heavy atom. The van der Waals surface area contributed by atoms with Gasteiger partial charge in [0.15, 0.2) is 11.5 Å². The second-order valence-electron chi connectivity index (χ2n) is 6.29. The smallest absolute Gasteiger partial charge is 0.270 e. The number of hydrogen-bond acceptors (Lipinski definition) is 4. The maximum atomic E-state index is 12.4. The highest BCUT2D eigenvalue weighted by Gasteiger charge is 2.21. The van der Waals surface area contributed by atoms with Gasteiger partial charge in [0.05, 0.1) is 0 Å². The molecule has 1 aliphatic heterocycles. The molecule has 0 aromatic heterocycles. The molecule has 0 fully saturated rings. The minimum absolute atomic E-state index is 0.0656. The predicted octanol–water partition coefficient (Wildman–Crippen LogP) is 2.95. The third-order valence-corrected chi connectivity index (χ3v) is 3.61. The Morgan fingerprint density at radius 2 is 1.86 bits per heavy atom. The summed E-state index contributed by atoms with van der Waals surface area (Å²) >= 11 is 0. The molecule has 0 saturated carbocycles. The lowest BCUT2D eigenvalue weighted by molar-refractivity contribution is 0.0933. The highest BCUT2D eigenvalue weighted by Crippen LogP contribution is 2.35. The lowest BCUT2D eigenvalue weighted by Crippen LogP contribution is -2.40. The van der Waals surface area contributed by atoms with Gasteiger partial charge in [0.1, 0.15) is 13.2 Å². The summed E-state index contributed by atoms with van der Waals surface area (Å²) in [5.74, 6) is 1.15. The molecule has 0 unspecified atom stereocenters. The largest absolute Gasteiger partial charge is 0.486 e. The van der Waals surface area contributed by atoms with E-state index in [1.807, 2.05) is 19.9 Å². The van der Waals surface area contributed by atoms with Gasteiger partial charge in [-0.05, 0) is 26.0 Å². The minimum Gasteiger partial charge on any atom is -0.486 e. The maximum Gasteiger partial charge on any atom is 0.270 e. The van der Waals surface area contributed by atoms with Gasteiger partial charge in [0.25, 0.3) is 5.91 Å². The van der Waals surface area contributed by atoms with Crippen LogP contribution in [0.2, 0.25) is 0 Å². The van der Waals surface area contributed by atoms with E-state index < -0.39 is 0 Å². The van der Waals surface area contributed by atoms with Crippen molar-refractivity contribution in [3.05, 3.63) is 35.0 Å². The number of carbonyl (C=O) groups excluding carboxylic acids is 1. The molecule has 1 aliphatic rings. The van der Waals surface area contributed by atoms with Crippen molar-refractivity contribution < 1.29 is 14.3 Å². The number of amides is 1. The lowest BCUT2D eigenvalue weighted by Gasteiger charge is -2.25. The zero-order valence-corrected chi connectivity index (χ0v) is 13.9. The number of hydrazine groups is 1. The topological polar surface area (TPSA) is 59.6 Å². The second kappa shape index (κ2) is 6.30. The number of fused-ring (bicyclic) bond motifs is 1. The van der Waals surface area contributed by atoms with Crippen LogP contribution < -0.4 is 20.3 Å². The summed E-state index contributed by atoms with van der Waals surface area (Å²) in [5, 5.41) is 0. The van der Waals surface area contributed by atoms with E-state index >= 15 is 0 Å². The van der Waals surface area contributed by atoms with Gasteiger partial charge in [-0.2, -0.15) is 0 Å². The van der Waals surface area contributed by atoms with Crippen molar-refractivity contribution in [3.63, 3.8) is 0 Å². The SMILES string of the molecule is C/C=C(/NNC(=O)c1ccc2c(c1C)OCCO2)C(C)(C)C. The number of nitrogens with one attached hydrogen (secondary N) is 2. The molecule has 2 rings (SSSR count). The quantitative estimate of drug-likeness (QED) is 0.843. The molecule has 120 valence electrons. The molecule has 22 heavy (non-hydrogen) atoms. The zero-order valence-electron chi connectivity index (χ0n) is 13.9. The number of rotatable bonds is 3. The fourth-order valence-electron chi connectivity index (χ4n) is 2.39. The Morgan fingerprint density at radius 3 is 2.50 bits per heavy atom. The summed E-state index contributed by atoms with van der Waals surface area (Å²) in [6.07, 6.45) is 1.96. The standard InChI is InChI=1S/C17H24N2O3/c1-6-14(17(3,4)5)18-19-16(20)12-7-8-13-15(11(12)2)22-10-9-21-13/h6-8,18H,9-10H2,1-5H3,(H,19,20)/b14-6+. The predicted molar refractivity (Wildman–Crippen MR) is 86.0 cm³/mol. The van der Waals surface area contributed by atoms with Crippen molar-refractivity contribution in [1.29, 1.82) is 0 Å². The van der Waals surface area contributed by atoms with Gasteiger partial charge < -0.3 is 14.9 Å². The van der Waals surface area contributed by atoms with Crippen molar-refractivity contribution in [2.75, 3.05) is 13.2 Å². The fourth-order valence-corrected chi connectivity index (χ4v) is 2.39. The van der Waals surface area contributed by atoms with Gasteiger partial charge in [0, 0.05) is 22.2 Å². The third kappa shape index (κ3) is 3.35. The lowest BCUT2D eigenvalue weighted by atomic mass is 9.92. The van der Waals surface area contributed by atoms with Crippen LogP contribution in [-0.2, 0) is 0 Å².